The van der Waals surface area contributed by atoms with Crippen molar-refractivity contribution in [3.8, 4) is 0 Å². The number of hydrogen-bond acceptors (Lipinski definition) is 1. The molecule has 1 aliphatic rings. The summed E-state index contributed by atoms with van der Waals surface area (Å²) < 4.78 is 9.48. The Morgan fingerprint density at radius 1 is 0.696 bits per heavy atom. The van der Waals surface area contributed by atoms with Gasteiger partial charge in [-0.15, -0.1) is 0 Å². The second-order valence-electron chi connectivity index (χ2n) is 5.91. The van der Waals surface area contributed by atoms with Crippen molar-refractivity contribution in [1.82, 2.24) is 0 Å². The van der Waals surface area contributed by atoms with Gasteiger partial charge in [-0.2, -0.15) is 0 Å². The molecule has 3 heteroatoms. The molecule has 0 spiro atoms. The van der Waals surface area contributed by atoms with E-state index in [-0.39, 0.29) is 0 Å². The van der Waals surface area contributed by atoms with E-state index in [9.17, 15) is 0 Å². The average molecular weight is 438 g/mol. The molecular formula is C20H24OSe2. The van der Waals surface area contributed by atoms with Gasteiger partial charge < -0.3 is 0 Å². The summed E-state index contributed by atoms with van der Waals surface area (Å²) in [5.74, 6) is 0. The standard InChI is InChI=1S/C20H24OSe2/c1-3-11-19(12-4-1)22-15-17-9-7-8-10-18(21-17)16-23-20-13-5-2-6-14-20/h1-6,11-14,17-18H,7-10,15-16H2/t17-,18+. The molecule has 1 saturated heterocycles. The summed E-state index contributed by atoms with van der Waals surface area (Å²) in [6.07, 6.45) is 6.14. The third kappa shape index (κ3) is 6.10. The van der Waals surface area contributed by atoms with Crippen LogP contribution in [-0.2, 0) is 4.74 Å². The molecule has 0 aromatic heterocycles. The Morgan fingerprint density at radius 2 is 1.13 bits per heavy atom. The summed E-state index contributed by atoms with van der Waals surface area (Å²) in [5.41, 5.74) is 0. The van der Waals surface area contributed by atoms with Crippen LogP contribution >= 0.6 is 0 Å². The molecule has 1 aliphatic heterocycles. The Hall–Kier alpha value is -0.561. The van der Waals surface area contributed by atoms with Crippen molar-refractivity contribution in [3.63, 3.8) is 0 Å². The van der Waals surface area contributed by atoms with Crippen molar-refractivity contribution >= 4 is 38.8 Å². The van der Waals surface area contributed by atoms with E-state index < -0.39 is 0 Å². The Kier molecular flexibility index (Phi) is 7.26. The molecule has 2 aromatic rings. The van der Waals surface area contributed by atoms with E-state index in [0.717, 1.165) is 0 Å². The van der Waals surface area contributed by atoms with Gasteiger partial charge in [-0.25, -0.2) is 0 Å². The van der Waals surface area contributed by atoms with Crippen LogP contribution in [0.4, 0.5) is 0 Å². The average Bonchev–Trinajstić information content (AvgIpc) is 2.85. The first-order valence-electron chi connectivity index (χ1n) is 8.41. The van der Waals surface area contributed by atoms with Gasteiger partial charge in [0.15, 0.2) is 0 Å². The fraction of sp³-hybridized carbons (Fsp3) is 0.400. The second kappa shape index (κ2) is 9.67. The van der Waals surface area contributed by atoms with Gasteiger partial charge in [0.05, 0.1) is 0 Å². The van der Waals surface area contributed by atoms with Crippen LogP contribution in [0.1, 0.15) is 25.7 Å². The summed E-state index contributed by atoms with van der Waals surface area (Å²) in [7, 11) is 0. The van der Waals surface area contributed by atoms with Crippen LogP contribution in [0.15, 0.2) is 60.7 Å². The summed E-state index contributed by atoms with van der Waals surface area (Å²) >= 11 is 1.09. The number of benzene rings is 2. The fourth-order valence-electron chi connectivity index (χ4n) is 2.81. The van der Waals surface area contributed by atoms with Gasteiger partial charge in [-0.3, -0.25) is 0 Å². The van der Waals surface area contributed by atoms with Gasteiger partial charge in [0.1, 0.15) is 0 Å². The fourth-order valence-corrected chi connectivity index (χ4v) is 6.89. The van der Waals surface area contributed by atoms with Crippen molar-refractivity contribution in [2.75, 3.05) is 0 Å². The molecule has 0 unspecified atom stereocenters. The quantitative estimate of drug-likeness (QED) is 0.630. The minimum atomic E-state index is 0.481. The number of rotatable bonds is 6. The molecule has 0 bridgehead atoms. The number of ether oxygens (including phenoxy) is 1. The molecule has 0 amide bonds. The van der Waals surface area contributed by atoms with Gasteiger partial charge >= 0.3 is 153 Å². The van der Waals surface area contributed by atoms with Crippen LogP contribution in [0.5, 0.6) is 0 Å². The third-order valence-corrected chi connectivity index (χ3v) is 8.85. The Balaban J connectivity index is 1.47. The molecule has 1 nitrogen and oxygen atoms in total. The van der Waals surface area contributed by atoms with Crippen molar-refractivity contribution < 1.29 is 4.74 Å². The van der Waals surface area contributed by atoms with Crippen LogP contribution < -0.4 is 8.92 Å². The monoisotopic (exact) mass is 440 g/mol. The first-order chi connectivity index (χ1) is 11.4. The minimum absolute atomic E-state index is 0.481. The molecule has 1 fully saturated rings. The molecule has 0 N–H and O–H groups in total. The molecule has 0 radical (unpaired) electrons. The van der Waals surface area contributed by atoms with E-state index >= 15 is 0 Å². The zero-order valence-corrected chi connectivity index (χ0v) is 16.8. The molecule has 2 aromatic carbocycles. The predicted molar refractivity (Wildman–Crippen MR) is 100 cm³/mol. The predicted octanol–water partition coefficient (Wildman–Crippen LogP) is 3.21. The van der Waals surface area contributed by atoms with Gasteiger partial charge in [0, 0.05) is 0 Å². The Morgan fingerprint density at radius 3 is 1.57 bits per heavy atom. The first kappa shape index (κ1) is 17.3. The first-order valence-corrected chi connectivity index (χ1v) is 12.5. The molecule has 122 valence electrons. The summed E-state index contributed by atoms with van der Waals surface area (Å²) in [6.45, 7) is 0. The van der Waals surface area contributed by atoms with Crippen molar-refractivity contribution in [2.24, 2.45) is 0 Å². The molecule has 1 heterocycles. The van der Waals surface area contributed by atoms with E-state index in [0.29, 0.717) is 42.1 Å². The van der Waals surface area contributed by atoms with Crippen molar-refractivity contribution in [2.45, 2.75) is 48.5 Å². The van der Waals surface area contributed by atoms with Crippen LogP contribution in [-0.4, -0.2) is 42.1 Å². The zero-order chi connectivity index (χ0) is 15.7. The van der Waals surface area contributed by atoms with Gasteiger partial charge in [-0.05, 0) is 0 Å². The SMILES string of the molecule is c1ccc([Se]C[C@H]2CCCC[C@@H](C[Se]c3ccccc3)O2)cc1. The summed E-state index contributed by atoms with van der Waals surface area (Å²) in [6, 6.07) is 21.8. The normalized spacial score (nSPS) is 21.7. The molecule has 0 aliphatic carbocycles. The van der Waals surface area contributed by atoms with E-state index in [1.807, 2.05) is 0 Å². The van der Waals surface area contributed by atoms with Crippen LogP contribution in [0.3, 0.4) is 0 Å². The molecule has 23 heavy (non-hydrogen) atoms. The summed E-state index contributed by atoms with van der Waals surface area (Å²) in [4.78, 5) is 0. The van der Waals surface area contributed by atoms with Crippen LogP contribution in [0.25, 0.3) is 0 Å². The Labute approximate surface area is 152 Å². The van der Waals surface area contributed by atoms with Gasteiger partial charge in [-0.1, -0.05) is 0 Å². The second-order valence-corrected chi connectivity index (χ2v) is 10.5. The van der Waals surface area contributed by atoms with Crippen molar-refractivity contribution in [1.29, 1.82) is 0 Å². The van der Waals surface area contributed by atoms with Crippen molar-refractivity contribution in [3.05, 3.63) is 60.7 Å². The van der Waals surface area contributed by atoms with Crippen LogP contribution in [0.2, 0.25) is 10.6 Å². The van der Waals surface area contributed by atoms with E-state index in [1.165, 1.54) is 45.2 Å². The molecule has 0 saturated carbocycles. The third-order valence-electron chi connectivity index (χ3n) is 4.05. The number of hydrogen-bond donors (Lipinski definition) is 0. The van der Waals surface area contributed by atoms with Gasteiger partial charge in [0.2, 0.25) is 0 Å². The maximum absolute atomic E-state index is 6.49. The van der Waals surface area contributed by atoms with Gasteiger partial charge in [0.25, 0.3) is 0 Å². The molecule has 3 rings (SSSR count). The zero-order valence-electron chi connectivity index (χ0n) is 13.4. The Bertz CT molecular complexity index is 507. The van der Waals surface area contributed by atoms with Crippen LogP contribution in [0, 0.1) is 0 Å². The van der Waals surface area contributed by atoms with E-state index in [2.05, 4.69) is 60.7 Å². The van der Waals surface area contributed by atoms with E-state index in [1.54, 1.807) is 0 Å². The topological polar surface area (TPSA) is 9.23 Å². The van der Waals surface area contributed by atoms with E-state index in [4.69, 9.17) is 4.74 Å². The molecule has 2 atom stereocenters. The summed E-state index contributed by atoms with van der Waals surface area (Å²) in [5, 5.41) is 2.46. The molecular weight excluding hydrogens is 414 g/mol. The maximum atomic E-state index is 6.49.